The minimum Gasteiger partial charge on any atom is -0.497 e. The zero-order chi connectivity index (χ0) is 19.8. The highest BCUT2D eigenvalue weighted by molar-refractivity contribution is 8.00. The number of carbonyl (C=O) groups is 1. The topological polar surface area (TPSA) is 50.4 Å². The molecule has 0 aliphatic carbocycles. The van der Waals surface area contributed by atoms with Crippen LogP contribution in [0.15, 0.2) is 83.8 Å². The number of nitrogens with one attached hydrogen (secondary N) is 2. The lowest BCUT2D eigenvalue weighted by molar-refractivity contribution is 0.102. The summed E-state index contributed by atoms with van der Waals surface area (Å²) in [6.45, 7) is 0. The van der Waals surface area contributed by atoms with E-state index < -0.39 is 0 Å². The van der Waals surface area contributed by atoms with Gasteiger partial charge in [0.1, 0.15) is 5.75 Å². The van der Waals surface area contributed by atoms with Crippen LogP contribution in [-0.2, 0) is 0 Å². The molecule has 142 valence electrons. The largest absolute Gasteiger partial charge is 0.497 e. The lowest BCUT2D eigenvalue weighted by Crippen LogP contribution is -2.18. The van der Waals surface area contributed by atoms with Crippen molar-refractivity contribution in [2.75, 3.05) is 23.5 Å². The second-order valence-electron chi connectivity index (χ2n) is 5.92. The van der Waals surface area contributed by atoms with E-state index in [0.717, 1.165) is 16.3 Å². The smallest absolute Gasteiger partial charge is 0.175 e. The molecule has 28 heavy (non-hydrogen) atoms. The number of methoxy groups -OCH3 is 1. The summed E-state index contributed by atoms with van der Waals surface area (Å²) in [7, 11) is 1.59. The Bertz CT molecular complexity index is 962. The van der Waals surface area contributed by atoms with Gasteiger partial charge in [-0.1, -0.05) is 36.4 Å². The van der Waals surface area contributed by atoms with Gasteiger partial charge < -0.3 is 15.4 Å². The van der Waals surface area contributed by atoms with E-state index in [9.17, 15) is 4.79 Å². The lowest BCUT2D eigenvalue weighted by atomic mass is 10.1. The molecule has 2 N–H and O–H groups in total. The molecular weight excluding hydrogens is 388 g/mol. The van der Waals surface area contributed by atoms with Crippen molar-refractivity contribution in [3.8, 4) is 5.75 Å². The molecule has 0 aromatic heterocycles. The minimum absolute atomic E-state index is 0.0588. The number of thiocarbonyl (C=S) groups is 1. The molecule has 0 bridgehead atoms. The van der Waals surface area contributed by atoms with Gasteiger partial charge in [0, 0.05) is 21.8 Å². The van der Waals surface area contributed by atoms with Crippen LogP contribution in [-0.4, -0.2) is 23.8 Å². The number of anilines is 2. The highest BCUT2D eigenvalue weighted by Gasteiger charge is 2.08. The van der Waals surface area contributed by atoms with Gasteiger partial charge >= 0.3 is 0 Å². The van der Waals surface area contributed by atoms with Crippen LogP contribution in [0.4, 0.5) is 11.4 Å². The first-order chi connectivity index (χ1) is 13.6. The molecule has 0 saturated heterocycles. The number of benzene rings is 3. The lowest BCUT2D eigenvalue weighted by Gasteiger charge is -2.11. The highest BCUT2D eigenvalue weighted by Crippen LogP contribution is 2.23. The second kappa shape index (κ2) is 9.92. The standard InChI is InChI=1S/C22H20N2O2S2/c1-26-19-11-5-7-16(13-19)21(25)15-28-20-12-6-10-18(14-20)24-22(27)23-17-8-3-2-4-9-17/h2-14H,15H2,1H3,(H2,23,24,27). The third kappa shape index (κ3) is 5.84. The number of para-hydroxylation sites is 1. The first kappa shape index (κ1) is 19.9. The maximum absolute atomic E-state index is 12.4. The van der Waals surface area contributed by atoms with Crippen LogP contribution in [0.2, 0.25) is 0 Å². The van der Waals surface area contributed by atoms with Gasteiger partial charge in [-0.3, -0.25) is 4.79 Å². The van der Waals surface area contributed by atoms with Gasteiger partial charge in [-0.05, 0) is 54.7 Å². The SMILES string of the molecule is COc1cccc(C(=O)CSc2cccc(NC(=S)Nc3ccccc3)c2)c1. The van der Waals surface area contributed by atoms with Crippen LogP contribution >= 0.6 is 24.0 Å². The van der Waals surface area contributed by atoms with E-state index in [2.05, 4.69) is 10.6 Å². The van der Waals surface area contributed by atoms with Crippen LogP contribution in [0.3, 0.4) is 0 Å². The van der Waals surface area contributed by atoms with Crippen molar-refractivity contribution in [2.45, 2.75) is 4.90 Å². The van der Waals surface area contributed by atoms with E-state index in [1.165, 1.54) is 11.8 Å². The quantitative estimate of drug-likeness (QED) is 0.307. The highest BCUT2D eigenvalue weighted by atomic mass is 32.2. The molecule has 0 aliphatic heterocycles. The number of ether oxygens (including phenoxy) is 1. The predicted octanol–water partition coefficient (Wildman–Crippen LogP) is 5.48. The van der Waals surface area contributed by atoms with Crippen molar-refractivity contribution < 1.29 is 9.53 Å². The summed E-state index contributed by atoms with van der Waals surface area (Å²) in [6, 6.07) is 24.8. The Morgan fingerprint density at radius 1 is 0.929 bits per heavy atom. The number of thioether (sulfide) groups is 1. The van der Waals surface area contributed by atoms with Gasteiger partial charge in [0.05, 0.1) is 12.9 Å². The fourth-order valence-corrected chi connectivity index (χ4v) is 3.59. The van der Waals surface area contributed by atoms with Crippen LogP contribution in [0.25, 0.3) is 0 Å². The molecule has 0 unspecified atom stereocenters. The van der Waals surface area contributed by atoms with Gasteiger partial charge in [-0.25, -0.2) is 0 Å². The minimum atomic E-state index is 0.0588. The van der Waals surface area contributed by atoms with Gasteiger partial charge in [0.15, 0.2) is 10.9 Å². The van der Waals surface area contributed by atoms with Crippen molar-refractivity contribution in [1.82, 2.24) is 0 Å². The van der Waals surface area contributed by atoms with Gasteiger partial charge in [0.25, 0.3) is 0 Å². The number of ketones is 1. The summed E-state index contributed by atoms with van der Waals surface area (Å²) >= 11 is 6.85. The van der Waals surface area contributed by atoms with E-state index in [-0.39, 0.29) is 5.78 Å². The Morgan fingerprint density at radius 2 is 1.64 bits per heavy atom. The van der Waals surface area contributed by atoms with E-state index in [1.54, 1.807) is 19.2 Å². The molecule has 0 spiro atoms. The molecule has 3 aromatic carbocycles. The summed E-state index contributed by atoms with van der Waals surface area (Å²) in [6.07, 6.45) is 0. The molecule has 0 amide bonds. The number of hydrogen-bond donors (Lipinski definition) is 2. The van der Waals surface area contributed by atoms with Crippen LogP contribution < -0.4 is 15.4 Å². The van der Waals surface area contributed by atoms with Gasteiger partial charge in [-0.15, -0.1) is 11.8 Å². The Kier molecular flexibility index (Phi) is 7.06. The molecule has 3 aromatic rings. The average Bonchev–Trinajstić information content (AvgIpc) is 2.73. The molecule has 0 radical (unpaired) electrons. The van der Waals surface area contributed by atoms with E-state index in [4.69, 9.17) is 17.0 Å². The van der Waals surface area contributed by atoms with Crippen LogP contribution in [0, 0.1) is 0 Å². The third-order valence-electron chi connectivity index (χ3n) is 3.89. The Labute approximate surface area is 174 Å². The predicted molar refractivity (Wildman–Crippen MR) is 121 cm³/mol. The zero-order valence-corrected chi connectivity index (χ0v) is 17.0. The summed E-state index contributed by atoms with van der Waals surface area (Å²) in [5, 5.41) is 6.83. The molecule has 0 aliphatic rings. The number of hydrogen-bond acceptors (Lipinski definition) is 4. The molecule has 0 saturated carbocycles. The van der Waals surface area contributed by atoms with Crippen molar-refractivity contribution in [3.05, 3.63) is 84.4 Å². The van der Waals surface area contributed by atoms with Crippen molar-refractivity contribution in [3.63, 3.8) is 0 Å². The maximum atomic E-state index is 12.4. The molecule has 4 nitrogen and oxygen atoms in total. The summed E-state index contributed by atoms with van der Waals surface area (Å²) < 4.78 is 5.18. The normalized spacial score (nSPS) is 10.2. The first-order valence-corrected chi connectivity index (χ1v) is 10.1. The van der Waals surface area contributed by atoms with Gasteiger partial charge in [-0.2, -0.15) is 0 Å². The number of carbonyl (C=O) groups excluding carboxylic acids is 1. The fraction of sp³-hybridized carbons (Fsp3) is 0.0909. The van der Waals surface area contributed by atoms with Gasteiger partial charge in [0.2, 0.25) is 0 Å². The van der Waals surface area contributed by atoms with Crippen molar-refractivity contribution in [1.29, 1.82) is 0 Å². The van der Waals surface area contributed by atoms with Crippen LogP contribution in [0.5, 0.6) is 5.75 Å². The van der Waals surface area contributed by atoms with E-state index in [1.807, 2.05) is 66.7 Å². The van der Waals surface area contributed by atoms with E-state index >= 15 is 0 Å². The summed E-state index contributed by atoms with van der Waals surface area (Å²) in [4.78, 5) is 13.4. The molecule has 0 heterocycles. The van der Waals surface area contributed by atoms with Crippen molar-refractivity contribution >= 4 is 46.3 Å². The molecule has 6 heteroatoms. The van der Waals surface area contributed by atoms with E-state index in [0.29, 0.717) is 22.2 Å². The third-order valence-corrected chi connectivity index (χ3v) is 5.08. The Balaban J connectivity index is 1.57. The zero-order valence-electron chi connectivity index (χ0n) is 15.3. The molecule has 0 atom stereocenters. The second-order valence-corrected chi connectivity index (χ2v) is 7.37. The first-order valence-electron chi connectivity index (χ1n) is 8.67. The monoisotopic (exact) mass is 408 g/mol. The number of rotatable bonds is 7. The Hall–Kier alpha value is -2.83. The molecular formula is C22H20N2O2S2. The average molecular weight is 409 g/mol. The molecule has 3 rings (SSSR count). The van der Waals surface area contributed by atoms with Crippen molar-refractivity contribution in [2.24, 2.45) is 0 Å². The number of Topliss-reactive ketones (excluding diaryl/α,β-unsaturated/α-hetero) is 1. The molecule has 0 fully saturated rings. The summed E-state index contributed by atoms with van der Waals surface area (Å²) in [5.74, 6) is 1.09. The Morgan fingerprint density at radius 3 is 2.43 bits per heavy atom. The van der Waals surface area contributed by atoms with Crippen LogP contribution in [0.1, 0.15) is 10.4 Å². The fourth-order valence-electron chi connectivity index (χ4n) is 2.51. The summed E-state index contributed by atoms with van der Waals surface area (Å²) in [5.41, 5.74) is 2.44. The maximum Gasteiger partial charge on any atom is 0.175 e.